The zero-order valence-electron chi connectivity index (χ0n) is 14.7. The number of sulfonamides is 1. The van der Waals surface area contributed by atoms with E-state index in [9.17, 15) is 8.42 Å². The predicted octanol–water partition coefficient (Wildman–Crippen LogP) is 3.11. The highest BCUT2D eigenvalue weighted by atomic mass is 32.2. The average molecular weight is 349 g/mol. The van der Waals surface area contributed by atoms with Crippen LogP contribution in [0.15, 0.2) is 29.2 Å². The van der Waals surface area contributed by atoms with E-state index in [1.54, 1.807) is 11.4 Å². The van der Waals surface area contributed by atoms with Crippen LogP contribution < -0.4 is 0 Å². The van der Waals surface area contributed by atoms with Gasteiger partial charge in [0.25, 0.3) is 0 Å². The Hall–Kier alpha value is -1.17. The van der Waals surface area contributed by atoms with Gasteiger partial charge in [-0.25, -0.2) is 8.42 Å². The lowest BCUT2D eigenvalue weighted by molar-refractivity contribution is 0.170. The van der Waals surface area contributed by atoms with Gasteiger partial charge < -0.3 is 4.90 Å². The molecule has 2 aliphatic rings. The quantitative estimate of drug-likeness (QED) is 0.821. The van der Waals surface area contributed by atoms with E-state index in [0.29, 0.717) is 11.3 Å². The molecule has 0 N–H and O–H groups in total. The third kappa shape index (κ3) is 3.58. The molecule has 132 valence electrons. The van der Waals surface area contributed by atoms with E-state index >= 15 is 0 Å². The molecule has 1 fully saturated rings. The zero-order valence-corrected chi connectivity index (χ0v) is 15.6. The van der Waals surface area contributed by atoms with Crippen molar-refractivity contribution < 1.29 is 8.42 Å². The molecule has 0 bridgehead atoms. The van der Waals surface area contributed by atoms with Gasteiger partial charge in [-0.1, -0.05) is 31.2 Å². The first-order chi connectivity index (χ1) is 11.5. The molecule has 1 aliphatic carbocycles. The van der Waals surface area contributed by atoms with Crippen molar-refractivity contribution in [1.29, 1.82) is 0 Å². The Morgan fingerprint density at radius 1 is 1.17 bits per heavy atom. The lowest BCUT2D eigenvalue weighted by atomic mass is 9.98. The Kier molecular flexibility index (Phi) is 5.42. The van der Waals surface area contributed by atoms with E-state index in [1.807, 2.05) is 24.3 Å². The molecule has 0 radical (unpaired) electrons. The van der Waals surface area contributed by atoms with Crippen LogP contribution in [0.1, 0.15) is 43.7 Å². The molecule has 5 heteroatoms. The number of allylic oxidation sites excluding steroid dienone is 1. The first-order valence-electron chi connectivity index (χ1n) is 9.01. The number of likely N-dealkylation sites (tertiary alicyclic amines) is 1. The average Bonchev–Trinajstić information content (AvgIpc) is 2.61. The first-order valence-corrected chi connectivity index (χ1v) is 10.4. The summed E-state index contributed by atoms with van der Waals surface area (Å²) < 4.78 is 27.7. The Morgan fingerprint density at radius 2 is 1.88 bits per heavy atom. The van der Waals surface area contributed by atoms with E-state index in [-0.39, 0.29) is 6.04 Å². The highest BCUT2D eigenvalue weighted by molar-refractivity contribution is 7.93. The van der Waals surface area contributed by atoms with Crippen molar-refractivity contribution in [2.75, 3.05) is 26.7 Å². The molecule has 0 saturated carbocycles. The van der Waals surface area contributed by atoms with Crippen LogP contribution in [-0.4, -0.2) is 50.3 Å². The van der Waals surface area contributed by atoms with Crippen LogP contribution in [0.2, 0.25) is 0 Å². The second-order valence-electron chi connectivity index (χ2n) is 6.90. The summed E-state index contributed by atoms with van der Waals surface area (Å²) in [6.45, 7) is 5.31. The summed E-state index contributed by atoms with van der Waals surface area (Å²) in [5, 5.41) is 0. The van der Waals surface area contributed by atoms with E-state index < -0.39 is 10.0 Å². The van der Waals surface area contributed by atoms with Crippen molar-refractivity contribution in [2.24, 2.45) is 0 Å². The second kappa shape index (κ2) is 7.38. The lowest BCUT2D eigenvalue weighted by Gasteiger charge is -2.36. The maximum absolute atomic E-state index is 13.0. The van der Waals surface area contributed by atoms with E-state index in [1.165, 1.54) is 5.56 Å². The van der Waals surface area contributed by atoms with Gasteiger partial charge in [0.15, 0.2) is 0 Å². The van der Waals surface area contributed by atoms with Crippen LogP contribution >= 0.6 is 0 Å². The molecule has 0 atom stereocenters. The molecule has 0 aromatic heterocycles. The predicted molar refractivity (Wildman–Crippen MR) is 99.2 cm³/mol. The molecule has 1 heterocycles. The number of hydrogen-bond acceptors (Lipinski definition) is 3. The second-order valence-corrected chi connectivity index (χ2v) is 8.95. The van der Waals surface area contributed by atoms with Gasteiger partial charge in [-0.15, -0.1) is 0 Å². The molecule has 24 heavy (non-hydrogen) atoms. The van der Waals surface area contributed by atoms with Crippen molar-refractivity contribution in [3.8, 4) is 0 Å². The van der Waals surface area contributed by atoms with Gasteiger partial charge in [-0.2, -0.15) is 4.31 Å². The number of benzene rings is 1. The van der Waals surface area contributed by atoms with Crippen LogP contribution in [-0.2, 0) is 16.4 Å². The Labute approximate surface area is 146 Å². The molecule has 3 rings (SSSR count). The number of rotatable bonds is 5. The third-order valence-corrected chi connectivity index (χ3v) is 7.37. The van der Waals surface area contributed by atoms with Crippen LogP contribution in [0.4, 0.5) is 0 Å². The minimum Gasteiger partial charge on any atom is -0.303 e. The van der Waals surface area contributed by atoms with Crippen LogP contribution in [0.3, 0.4) is 0 Å². The minimum atomic E-state index is -3.36. The molecule has 0 unspecified atom stereocenters. The third-order valence-electron chi connectivity index (χ3n) is 5.33. The van der Waals surface area contributed by atoms with Gasteiger partial charge in [-0.05, 0) is 68.9 Å². The maximum Gasteiger partial charge on any atom is 0.239 e. The molecule has 1 saturated heterocycles. The van der Waals surface area contributed by atoms with Gasteiger partial charge in [0.1, 0.15) is 0 Å². The fraction of sp³-hybridized carbons (Fsp3) is 0.579. The van der Waals surface area contributed by atoms with Crippen molar-refractivity contribution in [1.82, 2.24) is 9.21 Å². The highest BCUT2D eigenvalue weighted by Crippen LogP contribution is 2.30. The molecule has 1 aromatic rings. The summed E-state index contributed by atoms with van der Waals surface area (Å²) in [4.78, 5) is 3.01. The first kappa shape index (κ1) is 17.6. The van der Waals surface area contributed by atoms with Crippen molar-refractivity contribution >= 4 is 16.1 Å². The lowest BCUT2D eigenvalue weighted by Crippen LogP contribution is -2.46. The highest BCUT2D eigenvalue weighted by Gasteiger charge is 2.32. The van der Waals surface area contributed by atoms with Crippen LogP contribution in [0.5, 0.6) is 0 Å². The van der Waals surface area contributed by atoms with Crippen molar-refractivity contribution in [3.63, 3.8) is 0 Å². The zero-order chi connectivity index (χ0) is 17.2. The summed E-state index contributed by atoms with van der Waals surface area (Å²) >= 11 is 0. The van der Waals surface area contributed by atoms with Crippen molar-refractivity contribution in [3.05, 3.63) is 40.3 Å². The maximum atomic E-state index is 13.0. The Balaban J connectivity index is 1.73. The summed E-state index contributed by atoms with van der Waals surface area (Å²) in [5.74, 6) is 0. The smallest absolute Gasteiger partial charge is 0.239 e. The van der Waals surface area contributed by atoms with Gasteiger partial charge in [0.2, 0.25) is 10.0 Å². The van der Waals surface area contributed by atoms with E-state index in [4.69, 9.17) is 0 Å². The Morgan fingerprint density at radius 3 is 2.58 bits per heavy atom. The molecular formula is C19H28N2O2S. The topological polar surface area (TPSA) is 40.6 Å². The van der Waals surface area contributed by atoms with Gasteiger partial charge in [0, 0.05) is 13.1 Å². The summed E-state index contributed by atoms with van der Waals surface area (Å²) in [6, 6.07) is 8.21. The number of fused-ring (bicyclic) bond motifs is 1. The minimum absolute atomic E-state index is 0.126. The number of piperidine rings is 1. The monoisotopic (exact) mass is 348 g/mol. The fourth-order valence-electron chi connectivity index (χ4n) is 3.81. The van der Waals surface area contributed by atoms with Gasteiger partial charge >= 0.3 is 0 Å². The van der Waals surface area contributed by atoms with Crippen LogP contribution in [0.25, 0.3) is 6.08 Å². The van der Waals surface area contributed by atoms with E-state index in [0.717, 1.165) is 50.9 Å². The summed E-state index contributed by atoms with van der Waals surface area (Å²) in [7, 11) is -1.60. The van der Waals surface area contributed by atoms with Crippen molar-refractivity contribution in [2.45, 2.75) is 45.1 Å². The normalized spacial score (nSPS) is 20.0. The fourth-order valence-corrected chi connectivity index (χ4v) is 5.42. The summed E-state index contributed by atoms with van der Waals surface area (Å²) in [5.41, 5.74) is 2.29. The SMILES string of the molecule is CCCN1CCC(N(C)S(=O)(=O)C2=Cc3ccccc3CC2)CC1. The molecule has 1 aromatic carbocycles. The number of aryl methyl sites for hydroxylation is 1. The van der Waals surface area contributed by atoms with Gasteiger partial charge in [0.05, 0.1) is 4.91 Å². The number of hydrogen-bond donors (Lipinski definition) is 0. The molecular weight excluding hydrogens is 320 g/mol. The summed E-state index contributed by atoms with van der Waals surface area (Å²) in [6.07, 6.45) is 6.31. The standard InChI is InChI=1S/C19H28N2O2S/c1-3-12-21-13-10-18(11-14-21)20(2)24(22,23)19-9-8-16-6-4-5-7-17(16)15-19/h4-7,15,18H,3,8-14H2,1-2H3. The number of nitrogens with zero attached hydrogens (tertiary/aromatic N) is 2. The Bertz CT molecular complexity index is 704. The van der Waals surface area contributed by atoms with E-state index in [2.05, 4.69) is 17.9 Å². The molecule has 1 aliphatic heterocycles. The van der Waals surface area contributed by atoms with Gasteiger partial charge in [-0.3, -0.25) is 0 Å². The largest absolute Gasteiger partial charge is 0.303 e. The molecule has 0 amide bonds. The molecule has 0 spiro atoms. The molecule has 4 nitrogen and oxygen atoms in total. The van der Waals surface area contributed by atoms with Crippen LogP contribution in [0, 0.1) is 0 Å².